The van der Waals surface area contributed by atoms with Crippen molar-refractivity contribution in [3.8, 4) is 11.5 Å². The van der Waals surface area contributed by atoms with E-state index in [1.165, 1.54) is 5.56 Å². The third-order valence-corrected chi connectivity index (χ3v) is 5.43. The Hall–Kier alpha value is -2.73. The number of hydrogen-bond acceptors (Lipinski definition) is 5. The van der Waals surface area contributed by atoms with Gasteiger partial charge in [-0.2, -0.15) is 0 Å². The van der Waals surface area contributed by atoms with E-state index in [1.54, 1.807) is 0 Å². The van der Waals surface area contributed by atoms with Gasteiger partial charge in [-0.05, 0) is 24.6 Å². The predicted molar refractivity (Wildman–Crippen MR) is 113 cm³/mol. The van der Waals surface area contributed by atoms with E-state index in [2.05, 4.69) is 34.5 Å². The molecule has 6 heteroatoms. The minimum absolute atomic E-state index is 0.136. The Kier molecular flexibility index (Phi) is 6.20. The molecule has 0 spiro atoms. The molecule has 0 bridgehead atoms. The Morgan fingerprint density at radius 1 is 1.00 bits per heavy atom. The molecule has 2 aromatic rings. The molecule has 1 unspecified atom stereocenters. The number of amides is 1. The molecule has 1 amide bonds. The molecule has 1 atom stereocenters. The van der Waals surface area contributed by atoms with Crippen LogP contribution in [0.5, 0.6) is 11.5 Å². The van der Waals surface area contributed by atoms with Crippen LogP contribution in [0.1, 0.15) is 18.9 Å². The van der Waals surface area contributed by atoms with Gasteiger partial charge in [0.15, 0.2) is 11.5 Å². The van der Waals surface area contributed by atoms with Crippen LogP contribution in [-0.4, -0.2) is 61.1 Å². The summed E-state index contributed by atoms with van der Waals surface area (Å²) in [5.74, 6) is 1.64. The predicted octanol–water partition coefficient (Wildman–Crippen LogP) is 2.99. The van der Waals surface area contributed by atoms with Crippen molar-refractivity contribution in [2.24, 2.45) is 0 Å². The zero-order valence-electron chi connectivity index (χ0n) is 17.0. The van der Waals surface area contributed by atoms with Crippen molar-refractivity contribution in [2.45, 2.75) is 25.9 Å². The number of carbonyl (C=O) groups excluding carboxylic acids is 1. The topological polar surface area (TPSA) is 54.0 Å². The maximum Gasteiger partial charge on any atom is 0.244 e. The maximum atomic E-state index is 12.9. The molecule has 2 heterocycles. The van der Waals surface area contributed by atoms with E-state index < -0.39 is 0 Å². The fourth-order valence-corrected chi connectivity index (χ4v) is 3.81. The van der Waals surface area contributed by atoms with E-state index in [9.17, 15) is 4.79 Å². The van der Waals surface area contributed by atoms with E-state index in [4.69, 9.17) is 9.47 Å². The summed E-state index contributed by atoms with van der Waals surface area (Å²) in [6.07, 6.45) is 0.878. The number of benzene rings is 2. The van der Waals surface area contributed by atoms with Crippen LogP contribution < -0.4 is 14.8 Å². The number of hydrogen-bond donors (Lipinski definition) is 1. The van der Waals surface area contributed by atoms with Gasteiger partial charge in [-0.1, -0.05) is 30.3 Å². The fraction of sp³-hybridized carbons (Fsp3) is 0.435. The first kappa shape index (κ1) is 19.6. The van der Waals surface area contributed by atoms with Crippen LogP contribution in [0, 0.1) is 0 Å². The Balaban J connectivity index is 1.29. The summed E-state index contributed by atoms with van der Waals surface area (Å²) in [6.45, 7) is 7.51. The zero-order valence-corrected chi connectivity index (χ0v) is 17.0. The summed E-state index contributed by atoms with van der Waals surface area (Å²) in [4.78, 5) is 17.3. The van der Waals surface area contributed by atoms with Crippen molar-refractivity contribution in [1.29, 1.82) is 0 Å². The van der Waals surface area contributed by atoms with E-state index >= 15 is 0 Å². The second-order valence-corrected chi connectivity index (χ2v) is 7.67. The summed E-state index contributed by atoms with van der Waals surface area (Å²) in [5, 5.41) is 3.32. The van der Waals surface area contributed by atoms with Crippen LogP contribution in [0.15, 0.2) is 48.5 Å². The van der Waals surface area contributed by atoms with Gasteiger partial charge in [-0.15, -0.1) is 0 Å². The van der Waals surface area contributed by atoms with Crippen molar-refractivity contribution in [2.75, 3.05) is 44.7 Å². The highest BCUT2D eigenvalue weighted by Gasteiger charge is 2.25. The molecule has 1 N–H and O–H groups in total. The third kappa shape index (κ3) is 5.01. The highest BCUT2D eigenvalue weighted by atomic mass is 16.5. The van der Waals surface area contributed by atoms with Crippen molar-refractivity contribution in [3.63, 3.8) is 0 Å². The van der Waals surface area contributed by atoms with Crippen LogP contribution in [0.2, 0.25) is 0 Å². The molecule has 2 aliphatic rings. The second-order valence-electron chi connectivity index (χ2n) is 7.67. The first-order valence-corrected chi connectivity index (χ1v) is 10.4. The smallest absolute Gasteiger partial charge is 0.244 e. The molecular formula is C23H29N3O3. The number of piperazine rings is 1. The van der Waals surface area contributed by atoms with Crippen LogP contribution in [-0.2, 0) is 11.3 Å². The second kappa shape index (κ2) is 9.18. The fourth-order valence-electron chi connectivity index (χ4n) is 3.81. The number of anilines is 1. The highest BCUT2D eigenvalue weighted by Crippen LogP contribution is 2.32. The molecular weight excluding hydrogens is 366 g/mol. The van der Waals surface area contributed by atoms with Gasteiger partial charge in [-0.3, -0.25) is 9.69 Å². The third-order valence-electron chi connectivity index (χ3n) is 5.43. The highest BCUT2D eigenvalue weighted by molar-refractivity contribution is 5.84. The van der Waals surface area contributed by atoms with Crippen LogP contribution >= 0.6 is 0 Å². The lowest BCUT2D eigenvalue weighted by atomic mass is 10.2. The Morgan fingerprint density at radius 3 is 2.48 bits per heavy atom. The molecule has 6 nitrogen and oxygen atoms in total. The SMILES string of the molecule is CC(Nc1ccc2c(c1)OCCCO2)C(=O)N1CCN(Cc2ccccc2)CC1. The molecule has 0 saturated carbocycles. The Morgan fingerprint density at radius 2 is 1.72 bits per heavy atom. The van der Waals surface area contributed by atoms with Gasteiger partial charge >= 0.3 is 0 Å². The number of carbonyl (C=O) groups is 1. The average molecular weight is 396 g/mol. The molecule has 2 aliphatic heterocycles. The van der Waals surface area contributed by atoms with Crippen molar-refractivity contribution >= 4 is 11.6 Å². The molecule has 1 fully saturated rings. The summed E-state index contributed by atoms with van der Waals surface area (Å²) >= 11 is 0. The standard InChI is InChI=1S/C23H29N3O3/c1-18(24-20-8-9-21-22(16-20)29-15-5-14-28-21)23(27)26-12-10-25(11-13-26)17-19-6-3-2-4-7-19/h2-4,6-9,16,18,24H,5,10-15,17H2,1H3. The van der Waals surface area contributed by atoms with Gasteiger partial charge in [-0.25, -0.2) is 0 Å². The number of ether oxygens (including phenoxy) is 2. The first-order chi connectivity index (χ1) is 14.2. The average Bonchev–Trinajstić information content (AvgIpc) is 2.99. The molecule has 29 heavy (non-hydrogen) atoms. The molecule has 0 radical (unpaired) electrons. The minimum Gasteiger partial charge on any atom is -0.490 e. The normalized spacial score (nSPS) is 18.0. The van der Waals surface area contributed by atoms with E-state index in [0.29, 0.717) is 13.2 Å². The molecule has 154 valence electrons. The van der Waals surface area contributed by atoms with Gasteiger partial charge < -0.3 is 19.7 Å². The van der Waals surface area contributed by atoms with Crippen molar-refractivity contribution < 1.29 is 14.3 Å². The van der Waals surface area contributed by atoms with Crippen molar-refractivity contribution in [3.05, 3.63) is 54.1 Å². The summed E-state index contributed by atoms with van der Waals surface area (Å²) in [5.41, 5.74) is 2.19. The maximum absolute atomic E-state index is 12.9. The largest absolute Gasteiger partial charge is 0.490 e. The molecule has 4 rings (SSSR count). The van der Waals surface area contributed by atoms with E-state index in [-0.39, 0.29) is 11.9 Å². The summed E-state index contributed by atoms with van der Waals surface area (Å²) in [7, 11) is 0. The van der Waals surface area contributed by atoms with E-state index in [1.807, 2.05) is 36.1 Å². The molecule has 2 aromatic carbocycles. The minimum atomic E-state index is -0.291. The quantitative estimate of drug-likeness (QED) is 0.844. The van der Waals surface area contributed by atoms with Gasteiger partial charge in [0.05, 0.1) is 13.2 Å². The summed E-state index contributed by atoms with van der Waals surface area (Å²) in [6, 6.07) is 16.0. The lowest BCUT2D eigenvalue weighted by Gasteiger charge is -2.36. The van der Waals surface area contributed by atoms with E-state index in [0.717, 1.165) is 56.3 Å². The van der Waals surface area contributed by atoms with Gasteiger partial charge in [0.2, 0.25) is 5.91 Å². The van der Waals surface area contributed by atoms with Crippen LogP contribution in [0.3, 0.4) is 0 Å². The Labute approximate surface area is 172 Å². The number of rotatable bonds is 5. The lowest BCUT2D eigenvalue weighted by Crippen LogP contribution is -2.51. The zero-order chi connectivity index (χ0) is 20.1. The van der Waals surface area contributed by atoms with Gasteiger partial charge in [0, 0.05) is 50.9 Å². The Bertz CT molecular complexity index is 819. The number of nitrogens with zero attached hydrogens (tertiary/aromatic N) is 2. The first-order valence-electron chi connectivity index (χ1n) is 10.4. The number of nitrogens with one attached hydrogen (secondary N) is 1. The van der Waals surface area contributed by atoms with Crippen LogP contribution in [0.4, 0.5) is 5.69 Å². The molecule has 0 aliphatic carbocycles. The summed E-state index contributed by atoms with van der Waals surface area (Å²) < 4.78 is 11.4. The molecule has 1 saturated heterocycles. The van der Waals surface area contributed by atoms with Crippen LogP contribution in [0.25, 0.3) is 0 Å². The van der Waals surface area contributed by atoms with Crippen molar-refractivity contribution in [1.82, 2.24) is 9.80 Å². The monoisotopic (exact) mass is 395 g/mol. The lowest BCUT2D eigenvalue weighted by molar-refractivity contribution is -0.133. The van der Waals surface area contributed by atoms with Gasteiger partial charge in [0.25, 0.3) is 0 Å². The number of fused-ring (bicyclic) bond motifs is 1. The van der Waals surface area contributed by atoms with Gasteiger partial charge in [0.1, 0.15) is 6.04 Å². The molecule has 0 aromatic heterocycles.